The van der Waals surface area contributed by atoms with E-state index in [0.717, 1.165) is 16.1 Å². The lowest BCUT2D eigenvalue weighted by Crippen LogP contribution is -2.30. The van der Waals surface area contributed by atoms with Gasteiger partial charge in [0, 0.05) is 41.6 Å². The number of methoxy groups -OCH3 is 1. The third kappa shape index (κ3) is 9.13. The van der Waals surface area contributed by atoms with E-state index in [1.807, 2.05) is 61.5 Å². The summed E-state index contributed by atoms with van der Waals surface area (Å²) in [6.45, 7) is 0. The molecule has 220 valence electrons. The van der Waals surface area contributed by atoms with Gasteiger partial charge in [-0.25, -0.2) is 0 Å². The maximum absolute atomic E-state index is 13.3. The van der Waals surface area contributed by atoms with Crippen LogP contribution >= 0.6 is 23.4 Å². The zero-order valence-electron chi connectivity index (χ0n) is 23.9. The molecule has 0 heterocycles. The van der Waals surface area contributed by atoms with E-state index < -0.39 is 11.8 Å². The molecule has 4 rings (SSSR count). The van der Waals surface area contributed by atoms with Crippen molar-refractivity contribution in [2.45, 2.75) is 4.90 Å². The number of benzene rings is 4. The van der Waals surface area contributed by atoms with Gasteiger partial charge in [0.1, 0.15) is 11.4 Å². The standard InChI is InChI=1S/C33H31ClN4O4S/c1-38(2)26-14-9-22(10-15-26)19-29(37-32(40)23-7-5-4-6-8-23)33(41)36-24-11-16-27(17-12-24)43-21-31(39)35-25-13-18-30(42-3)28(34)20-25/h4-20H,21H2,1-3H3,(H,35,39)(H,36,41)(H,37,40)/b29-19-. The van der Waals surface area contributed by atoms with Crippen LogP contribution in [-0.2, 0) is 9.59 Å². The number of ether oxygens (including phenoxy) is 1. The van der Waals surface area contributed by atoms with Crippen LogP contribution < -0.4 is 25.6 Å². The van der Waals surface area contributed by atoms with E-state index in [0.29, 0.717) is 27.7 Å². The highest BCUT2D eigenvalue weighted by Crippen LogP contribution is 2.28. The van der Waals surface area contributed by atoms with Gasteiger partial charge in [-0.15, -0.1) is 11.8 Å². The molecule has 0 atom stereocenters. The number of hydrogen-bond donors (Lipinski definition) is 3. The Kier molecular flexibility index (Phi) is 10.9. The summed E-state index contributed by atoms with van der Waals surface area (Å²) in [6, 6.07) is 28.5. The maximum Gasteiger partial charge on any atom is 0.272 e. The molecular weight excluding hydrogens is 584 g/mol. The van der Waals surface area contributed by atoms with E-state index in [-0.39, 0.29) is 17.4 Å². The van der Waals surface area contributed by atoms with Crippen molar-refractivity contribution in [2.75, 3.05) is 42.5 Å². The minimum atomic E-state index is -0.473. The van der Waals surface area contributed by atoms with E-state index in [1.165, 1.54) is 18.9 Å². The summed E-state index contributed by atoms with van der Waals surface area (Å²) in [4.78, 5) is 41.5. The first kappa shape index (κ1) is 31.2. The van der Waals surface area contributed by atoms with Crippen molar-refractivity contribution in [3.8, 4) is 5.75 Å². The highest BCUT2D eigenvalue weighted by atomic mass is 35.5. The van der Waals surface area contributed by atoms with Crippen LogP contribution in [0.1, 0.15) is 15.9 Å². The number of rotatable bonds is 11. The molecule has 0 aliphatic rings. The lowest BCUT2D eigenvalue weighted by Gasteiger charge is -2.13. The van der Waals surface area contributed by atoms with Gasteiger partial charge in [-0.3, -0.25) is 14.4 Å². The zero-order chi connectivity index (χ0) is 30.8. The van der Waals surface area contributed by atoms with Gasteiger partial charge in [-0.2, -0.15) is 0 Å². The molecule has 3 N–H and O–H groups in total. The number of carbonyl (C=O) groups is 3. The first-order valence-corrected chi connectivity index (χ1v) is 14.6. The smallest absolute Gasteiger partial charge is 0.272 e. The molecule has 0 radical (unpaired) electrons. The second-order valence-corrected chi connectivity index (χ2v) is 11.0. The van der Waals surface area contributed by atoms with Crippen LogP contribution in [0.3, 0.4) is 0 Å². The highest BCUT2D eigenvalue weighted by Gasteiger charge is 2.15. The minimum absolute atomic E-state index is 0.0974. The second kappa shape index (κ2) is 14.9. The van der Waals surface area contributed by atoms with E-state index in [4.69, 9.17) is 16.3 Å². The van der Waals surface area contributed by atoms with Crippen molar-refractivity contribution in [3.05, 3.63) is 119 Å². The summed E-state index contributed by atoms with van der Waals surface area (Å²) < 4.78 is 5.13. The molecule has 43 heavy (non-hydrogen) atoms. The Balaban J connectivity index is 1.40. The molecule has 4 aromatic carbocycles. The van der Waals surface area contributed by atoms with Crippen molar-refractivity contribution in [1.82, 2.24) is 5.32 Å². The predicted octanol–water partition coefficient (Wildman–Crippen LogP) is 6.56. The highest BCUT2D eigenvalue weighted by molar-refractivity contribution is 8.00. The number of amides is 3. The third-order valence-corrected chi connectivity index (χ3v) is 7.47. The van der Waals surface area contributed by atoms with Gasteiger partial charge in [-0.1, -0.05) is 41.9 Å². The molecule has 0 unspecified atom stereocenters. The maximum atomic E-state index is 13.3. The Hall–Kier alpha value is -4.73. The van der Waals surface area contributed by atoms with Crippen LogP contribution in [0.5, 0.6) is 5.75 Å². The molecule has 0 fully saturated rings. The lowest BCUT2D eigenvalue weighted by molar-refractivity contribution is -0.114. The van der Waals surface area contributed by atoms with Crippen molar-refractivity contribution in [2.24, 2.45) is 0 Å². The number of thioether (sulfide) groups is 1. The van der Waals surface area contributed by atoms with Gasteiger partial charge in [0.15, 0.2) is 0 Å². The fourth-order valence-corrected chi connectivity index (χ4v) is 4.86. The summed E-state index contributed by atoms with van der Waals surface area (Å²) in [5.74, 6) is -0.347. The van der Waals surface area contributed by atoms with E-state index in [2.05, 4.69) is 16.0 Å². The van der Waals surface area contributed by atoms with Crippen LogP contribution in [0.25, 0.3) is 6.08 Å². The van der Waals surface area contributed by atoms with Crippen LogP contribution in [0, 0.1) is 0 Å². The van der Waals surface area contributed by atoms with Crippen molar-refractivity contribution < 1.29 is 19.1 Å². The summed E-state index contributed by atoms with van der Waals surface area (Å²) in [5.41, 5.74) is 3.41. The van der Waals surface area contributed by atoms with Crippen LogP contribution in [-0.4, -0.2) is 44.7 Å². The molecule has 8 nitrogen and oxygen atoms in total. The number of anilines is 3. The van der Waals surface area contributed by atoms with Crippen molar-refractivity contribution in [1.29, 1.82) is 0 Å². The van der Waals surface area contributed by atoms with Gasteiger partial charge in [0.2, 0.25) is 5.91 Å². The summed E-state index contributed by atoms with van der Waals surface area (Å²) in [6.07, 6.45) is 1.63. The van der Waals surface area contributed by atoms with Crippen LogP contribution in [0.15, 0.2) is 108 Å². The van der Waals surface area contributed by atoms with Crippen LogP contribution in [0.4, 0.5) is 17.1 Å². The average molecular weight is 615 g/mol. The Morgan fingerprint density at radius 3 is 2.16 bits per heavy atom. The normalized spacial score (nSPS) is 10.9. The van der Waals surface area contributed by atoms with E-state index >= 15 is 0 Å². The van der Waals surface area contributed by atoms with Gasteiger partial charge in [0.05, 0.1) is 17.9 Å². The molecule has 3 amide bonds. The first-order valence-electron chi connectivity index (χ1n) is 13.2. The topological polar surface area (TPSA) is 99.8 Å². The zero-order valence-corrected chi connectivity index (χ0v) is 25.5. The van der Waals surface area contributed by atoms with Gasteiger partial charge in [0.25, 0.3) is 11.8 Å². The molecule has 0 aromatic heterocycles. The largest absolute Gasteiger partial charge is 0.495 e. The molecule has 0 bridgehead atoms. The van der Waals surface area contributed by atoms with Crippen molar-refractivity contribution in [3.63, 3.8) is 0 Å². The fourth-order valence-electron chi connectivity index (χ4n) is 3.90. The second-order valence-electron chi connectivity index (χ2n) is 9.53. The fraction of sp³-hybridized carbons (Fsp3) is 0.121. The quantitative estimate of drug-likeness (QED) is 0.131. The lowest BCUT2D eigenvalue weighted by atomic mass is 10.1. The SMILES string of the molecule is COc1ccc(NC(=O)CSc2ccc(NC(=O)/C(=C/c3ccc(N(C)C)cc3)NC(=O)c3ccccc3)cc2)cc1Cl. The Morgan fingerprint density at radius 2 is 1.53 bits per heavy atom. The molecule has 10 heteroatoms. The minimum Gasteiger partial charge on any atom is -0.495 e. The predicted molar refractivity (Wildman–Crippen MR) is 175 cm³/mol. The molecule has 0 saturated carbocycles. The molecule has 0 spiro atoms. The van der Waals surface area contributed by atoms with Crippen molar-refractivity contribution >= 4 is 64.2 Å². The number of nitrogens with zero attached hydrogens (tertiary/aromatic N) is 1. The summed E-state index contributed by atoms with van der Waals surface area (Å²) in [7, 11) is 5.42. The number of halogens is 1. The monoisotopic (exact) mass is 614 g/mol. The van der Waals surface area contributed by atoms with E-state index in [1.54, 1.807) is 60.7 Å². The molecule has 0 saturated heterocycles. The Morgan fingerprint density at radius 1 is 0.860 bits per heavy atom. The molecule has 0 aliphatic heterocycles. The number of carbonyl (C=O) groups excluding carboxylic acids is 3. The van der Waals surface area contributed by atoms with E-state index in [9.17, 15) is 14.4 Å². The summed E-state index contributed by atoms with van der Waals surface area (Å²) >= 11 is 7.48. The molecule has 0 aliphatic carbocycles. The van der Waals surface area contributed by atoms with Crippen LogP contribution in [0.2, 0.25) is 5.02 Å². The number of hydrogen-bond acceptors (Lipinski definition) is 6. The third-order valence-electron chi connectivity index (χ3n) is 6.17. The first-order chi connectivity index (χ1) is 20.7. The Labute approximate surface area is 260 Å². The molecular formula is C33H31ClN4O4S. The van der Waals surface area contributed by atoms with Gasteiger partial charge >= 0.3 is 0 Å². The Bertz CT molecular complexity index is 1610. The van der Waals surface area contributed by atoms with Gasteiger partial charge in [-0.05, 0) is 78.4 Å². The average Bonchev–Trinajstić information content (AvgIpc) is 3.01. The summed E-state index contributed by atoms with van der Waals surface area (Å²) in [5, 5.41) is 8.81. The van der Waals surface area contributed by atoms with Gasteiger partial charge < -0.3 is 25.6 Å². The number of nitrogens with one attached hydrogen (secondary N) is 3. The molecule has 4 aromatic rings.